The lowest BCUT2D eigenvalue weighted by Gasteiger charge is -2.33. The highest BCUT2D eigenvalue weighted by Crippen LogP contribution is 2.33. The lowest BCUT2D eigenvalue weighted by atomic mass is 9.99. The maximum absolute atomic E-state index is 14.5. The summed E-state index contributed by atoms with van der Waals surface area (Å²) in [4.78, 5) is 27.9. The van der Waals surface area contributed by atoms with E-state index in [2.05, 4.69) is 5.32 Å². The van der Waals surface area contributed by atoms with Gasteiger partial charge in [0.15, 0.2) is 0 Å². The van der Waals surface area contributed by atoms with Crippen molar-refractivity contribution >= 4 is 17.6 Å². The van der Waals surface area contributed by atoms with Crippen molar-refractivity contribution in [2.45, 2.75) is 26.1 Å². The molecule has 0 unspecified atom stereocenters. The normalized spacial score (nSPS) is 14.9. The first-order valence-electron chi connectivity index (χ1n) is 10.8. The molecule has 188 valence electrons. The maximum Gasteiger partial charge on any atom is 0.322 e. The molecule has 3 N–H and O–H groups in total. The Morgan fingerprint density at radius 2 is 1.39 bits per heavy atom. The monoisotopic (exact) mass is 503 g/mol. The van der Waals surface area contributed by atoms with Gasteiger partial charge in [-0.15, -0.1) is 0 Å². The van der Waals surface area contributed by atoms with E-state index in [9.17, 15) is 37.4 Å². The van der Waals surface area contributed by atoms with Gasteiger partial charge in [-0.2, -0.15) is 0 Å². The number of aromatic hydroxyl groups is 2. The van der Waals surface area contributed by atoms with Gasteiger partial charge in [0.25, 0.3) is 5.91 Å². The van der Waals surface area contributed by atoms with E-state index in [-0.39, 0.29) is 11.6 Å². The Balaban J connectivity index is 1.75. The molecule has 7 nitrogen and oxygen atoms in total. The van der Waals surface area contributed by atoms with Crippen LogP contribution < -0.4 is 5.32 Å². The van der Waals surface area contributed by atoms with Crippen LogP contribution in [-0.2, 0) is 13.1 Å². The minimum Gasteiger partial charge on any atom is -0.508 e. The van der Waals surface area contributed by atoms with Crippen LogP contribution in [0.4, 0.5) is 28.0 Å². The first-order valence-corrected chi connectivity index (χ1v) is 10.8. The summed E-state index contributed by atoms with van der Waals surface area (Å²) in [6.45, 7) is 0.316. The second kappa shape index (κ2) is 9.40. The number of nitrogens with one attached hydrogen (secondary N) is 1. The lowest BCUT2D eigenvalue weighted by molar-refractivity contribution is 0.0723. The number of amides is 3. The van der Waals surface area contributed by atoms with E-state index in [1.54, 1.807) is 20.0 Å². The third-order valence-electron chi connectivity index (χ3n) is 6.13. The molecule has 3 aromatic rings. The summed E-state index contributed by atoms with van der Waals surface area (Å²) in [5.41, 5.74) is -0.165. The Hall–Kier alpha value is -4.28. The Bertz CT molecular complexity index is 1280. The number of carbonyl (C=O) groups is 2. The first kappa shape index (κ1) is 24.8. The summed E-state index contributed by atoms with van der Waals surface area (Å²) in [5.74, 6) is -6.83. The number of hydrogen-bond donors (Lipinski definition) is 3. The summed E-state index contributed by atoms with van der Waals surface area (Å²) in [6.07, 6.45) is 0. The van der Waals surface area contributed by atoms with Crippen LogP contribution >= 0.6 is 0 Å². The second-order valence-corrected chi connectivity index (χ2v) is 8.46. The Morgan fingerprint density at radius 1 is 0.917 bits per heavy atom. The number of carbonyl (C=O) groups excluding carboxylic acids is 2. The van der Waals surface area contributed by atoms with E-state index in [4.69, 9.17) is 0 Å². The molecular formula is C25H21F4N3O4. The van der Waals surface area contributed by atoms with Gasteiger partial charge in [-0.05, 0) is 24.6 Å². The molecule has 36 heavy (non-hydrogen) atoms. The Labute approximate surface area is 203 Å². The second-order valence-electron chi connectivity index (χ2n) is 8.46. The molecule has 0 spiro atoms. The zero-order chi connectivity index (χ0) is 26.3. The van der Waals surface area contributed by atoms with Crippen LogP contribution in [0.25, 0.3) is 0 Å². The van der Waals surface area contributed by atoms with Gasteiger partial charge in [-0.1, -0.05) is 6.07 Å². The molecule has 0 radical (unpaired) electrons. The number of nitrogens with zero attached hydrogens (tertiary/aromatic N) is 2. The highest BCUT2D eigenvalue weighted by molar-refractivity contribution is 5.98. The van der Waals surface area contributed by atoms with Crippen molar-refractivity contribution in [1.82, 2.24) is 9.80 Å². The van der Waals surface area contributed by atoms with E-state index in [0.717, 1.165) is 4.90 Å². The molecule has 3 amide bonds. The van der Waals surface area contributed by atoms with Gasteiger partial charge in [-0.25, -0.2) is 22.4 Å². The predicted molar refractivity (Wildman–Crippen MR) is 121 cm³/mol. The summed E-state index contributed by atoms with van der Waals surface area (Å²) >= 11 is 0. The molecule has 11 heteroatoms. The van der Waals surface area contributed by atoms with Crippen LogP contribution in [0.3, 0.4) is 0 Å². The van der Waals surface area contributed by atoms with E-state index >= 15 is 0 Å². The first-order chi connectivity index (χ1) is 17.0. The van der Waals surface area contributed by atoms with Gasteiger partial charge < -0.3 is 25.3 Å². The predicted octanol–water partition coefficient (Wildman–Crippen LogP) is 5.04. The fourth-order valence-corrected chi connectivity index (χ4v) is 3.99. The van der Waals surface area contributed by atoms with Crippen molar-refractivity contribution in [3.05, 3.63) is 88.0 Å². The largest absolute Gasteiger partial charge is 0.508 e. The molecule has 4 rings (SSSR count). The standard InChI is InChI=1S/C25H21F4N3O4/c1-12-16-4-3-13(5-23(16)30-25(36)31(12)2)24(35)32(10-17-19(26)6-14(33)7-20(17)27)11-18-21(28)8-15(34)9-22(18)29/h3-9,12,33-34H,10-11H2,1-2H3,(H,30,36)/t12-/m0/s1. The lowest BCUT2D eigenvalue weighted by Crippen LogP contribution is -2.38. The minimum atomic E-state index is -1.16. The number of anilines is 1. The molecule has 0 aromatic heterocycles. The molecule has 1 aliphatic rings. The summed E-state index contributed by atoms with van der Waals surface area (Å²) in [6, 6.07) is 6.30. The third kappa shape index (κ3) is 4.64. The molecule has 0 aliphatic carbocycles. The van der Waals surface area contributed by atoms with Crippen LogP contribution in [0.1, 0.15) is 40.0 Å². The molecule has 1 heterocycles. The smallest absolute Gasteiger partial charge is 0.322 e. The topological polar surface area (TPSA) is 93.1 Å². The van der Waals surface area contributed by atoms with Crippen molar-refractivity contribution in [2.24, 2.45) is 0 Å². The number of rotatable bonds is 5. The summed E-state index contributed by atoms with van der Waals surface area (Å²) in [7, 11) is 1.60. The number of benzene rings is 3. The molecular weight excluding hydrogens is 482 g/mol. The van der Waals surface area contributed by atoms with E-state index in [0.29, 0.717) is 35.5 Å². The molecule has 1 atom stereocenters. The Morgan fingerprint density at radius 3 is 1.86 bits per heavy atom. The number of hydrogen-bond acceptors (Lipinski definition) is 4. The quantitative estimate of drug-likeness (QED) is 0.426. The Kier molecular flexibility index (Phi) is 6.49. The average Bonchev–Trinajstić information content (AvgIpc) is 2.79. The summed E-state index contributed by atoms with van der Waals surface area (Å²) in [5, 5.41) is 21.5. The van der Waals surface area contributed by atoms with Gasteiger partial charge in [0.05, 0.1) is 19.1 Å². The molecule has 0 saturated carbocycles. The van der Waals surface area contributed by atoms with Crippen LogP contribution in [0.5, 0.6) is 11.5 Å². The van der Waals surface area contributed by atoms with Crippen molar-refractivity contribution in [3.63, 3.8) is 0 Å². The van der Waals surface area contributed by atoms with Crippen molar-refractivity contribution in [2.75, 3.05) is 12.4 Å². The van der Waals surface area contributed by atoms with Gasteiger partial charge in [0.1, 0.15) is 34.8 Å². The maximum atomic E-state index is 14.5. The van der Waals surface area contributed by atoms with Crippen molar-refractivity contribution in [3.8, 4) is 11.5 Å². The molecule has 0 bridgehead atoms. The van der Waals surface area contributed by atoms with Gasteiger partial charge in [-0.3, -0.25) is 4.79 Å². The number of urea groups is 1. The molecule has 3 aromatic carbocycles. The highest BCUT2D eigenvalue weighted by Gasteiger charge is 2.29. The average molecular weight is 503 g/mol. The van der Waals surface area contributed by atoms with Gasteiger partial charge in [0, 0.05) is 53.7 Å². The van der Waals surface area contributed by atoms with E-state index in [1.807, 2.05) is 0 Å². The van der Waals surface area contributed by atoms with Crippen LogP contribution in [0, 0.1) is 23.3 Å². The minimum absolute atomic E-state index is 0.00927. The van der Waals surface area contributed by atoms with Crippen LogP contribution in [-0.4, -0.2) is 39.0 Å². The number of phenolic OH excluding ortho intramolecular Hbond substituents is 2. The zero-order valence-electron chi connectivity index (χ0n) is 19.2. The molecule has 0 saturated heterocycles. The number of halogens is 4. The zero-order valence-corrected chi connectivity index (χ0v) is 19.2. The van der Waals surface area contributed by atoms with E-state index in [1.165, 1.54) is 17.0 Å². The highest BCUT2D eigenvalue weighted by atomic mass is 19.1. The third-order valence-corrected chi connectivity index (χ3v) is 6.13. The molecule has 1 aliphatic heterocycles. The van der Waals surface area contributed by atoms with Gasteiger partial charge >= 0.3 is 6.03 Å². The van der Waals surface area contributed by atoms with Crippen molar-refractivity contribution in [1.29, 1.82) is 0 Å². The van der Waals surface area contributed by atoms with E-state index < -0.39 is 70.9 Å². The fourth-order valence-electron chi connectivity index (χ4n) is 3.99. The SMILES string of the molecule is C[C@H]1c2ccc(C(=O)N(Cc3c(F)cc(O)cc3F)Cc3c(F)cc(O)cc3F)cc2NC(=O)N1C. The number of phenols is 2. The van der Waals surface area contributed by atoms with Gasteiger partial charge in [0.2, 0.25) is 0 Å². The summed E-state index contributed by atoms with van der Waals surface area (Å²) < 4.78 is 57.9. The number of fused-ring (bicyclic) bond motifs is 1. The fraction of sp³-hybridized carbons (Fsp3) is 0.200. The molecule has 0 fully saturated rings. The van der Waals surface area contributed by atoms with Crippen LogP contribution in [0.2, 0.25) is 0 Å². The van der Waals surface area contributed by atoms with Crippen LogP contribution in [0.15, 0.2) is 42.5 Å². The van der Waals surface area contributed by atoms with Crippen molar-refractivity contribution < 1.29 is 37.4 Å².